The van der Waals surface area contributed by atoms with E-state index in [2.05, 4.69) is 22.0 Å². The number of para-hydroxylation sites is 1. The van der Waals surface area contributed by atoms with Gasteiger partial charge in [-0.2, -0.15) is 0 Å². The number of carbonyl (C=O) groups excluding carboxylic acids is 1. The SMILES string of the molecule is COc1ccccc1CN(C)C(=O)CSc1nnc([C@@H](C)N2CCCCC2)n1-c1ccc(F)cc1. The zero-order valence-electron chi connectivity index (χ0n) is 20.5. The third-order valence-electron chi connectivity index (χ3n) is 6.41. The average Bonchev–Trinajstić information content (AvgIpc) is 3.32. The second-order valence-electron chi connectivity index (χ2n) is 8.78. The van der Waals surface area contributed by atoms with Crippen LogP contribution in [0.2, 0.25) is 0 Å². The van der Waals surface area contributed by atoms with Crippen molar-refractivity contribution in [3.63, 3.8) is 0 Å². The number of thioether (sulfide) groups is 1. The Hall–Kier alpha value is -2.91. The first-order valence-corrected chi connectivity index (χ1v) is 12.9. The van der Waals surface area contributed by atoms with Crippen LogP contribution in [-0.2, 0) is 11.3 Å². The van der Waals surface area contributed by atoms with Crippen molar-refractivity contribution in [2.75, 3.05) is 33.0 Å². The topological polar surface area (TPSA) is 63.5 Å². The van der Waals surface area contributed by atoms with Crippen molar-refractivity contribution in [1.82, 2.24) is 24.6 Å². The standard InChI is InChI=1S/C26H32FN5O2S/c1-19(31-15-7-4-8-16-31)25-28-29-26(32(25)22-13-11-21(27)12-14-22)35-18-24(33)30(2)17-20-9-5-6-10-23(20)34-3/h5-6,9-14,19H,4,7-8,15-18H2,1-3H3/t19-/m1/s1. The summed E-state index contributed by atoms with van der Waals surface area (Å²) in [5.74, 6) is 1.45. The number of likely N-dealkylation sites (tertiary alicyclic amines) is 1. The van der Waals surface area contributed by atoms with E-state index < -0.39 is 0 Å². The van der Waals surface area contributed by atoms with Crippen molar-refractivity contribution < 1.29 is 13.9 Å². The zero-order chi connectivity index (χ0) is 24.8. The maximum Gasteiger partial charge on any atom is 0.233 e. The summed E-state index contributed by atoms with van der Waals surface area (Å²) in [5.41, 5.74) is 1.73. The van der Waals surface area contributed by atoms with Gasteiger partial charge in [-0.05, 0) is 63.2 Å². The molecule has 0 unspecified atom stereocenters. The maximum atomic E-state index is 13.6. The zero-order valence-corrected chi connectivity index (χ0v) is 21.3. The van der Waals surface area contributed by atoms with Crippen LogP contribution in [-0.4, -0.2) is 63.5 Å². The number of rotatable bonds is 9. The summed E-state index contributed by atoms with van der Waals surface area (Å²) in [4.78, 5) is 17.0. The Morgan fingerprint density at radius 1 is 1.11 bits per heavy atom. The van der Waals surface area contributed by atoms with E-state index in [4.69, 9.17) is 4.74 Å². The van der Waals surface area contributed by atoms with Crippen LogP contribution < -0.4 is 4.74 Å². The number of hydrogen-bond acceptors (Lipinski definition) is 6. The molecule has 0 N–H and O–H groups in total. The Morgan fingerprint density at radius 2 is 1.83 bits per heavy atom. The first-order chi connectivity index (χ1) is 17.0. The molecule has 3 aromatic rings. The minimum absolute atomic E-state index is 0.0276. The number of benzene rings is 2. The lowest BCUT2D eigenvalue weighted by Gasteiger charge is -2.31. The minimum Gasteiger partial charge on any atom is -0.496 e. The second kappa shape index (κ2) is 11.7. The first kappa shape index (κ1) is 25.2. The normalized spacial score (nSPS) is 15.1. The van der Waals surface area contributed by atoms with Crippen molar-refractivity contribution in [3.8, 4) is 11.4 Å². The molecule has 0 saturated carbocycles. The van der Waals surface area contributed by atoms with Gasteiger partial charge < -0.3 is 9.64 Å². The lowest BCUT2D eigenvalue weighted by molar-refractivity contribution is -0.127. The Bertz CT molecular complexity index is 1130. The molecule has 1 amide bonds. The number of amides is 1. The number of piperidine rings is 1. The quantitative estimate of drug-likeness (QED) is 0.399. The highest BCUT2D eigenvalue weighted by Gasteiger charge is 2.26. The number of ether oxygens (including phenoxy) is 1. The summed E-state index contributed by atoms with van der Waals surface area (Å²) >= 11 is 1.34. The van der Waals surface area contributed by atoms with Crippen molar-refractivity contribution in [1.29, 1.82) is 0 Å². The average molecular weight is 498 g/mol. The molecule has 0 aliphatic carbocycles. The molecule has 0 radical (unpaired) electrons. The lowest BCUT2D eigenvalue weighted by Crippen LogP contribution is -2.33. The second-order valence-corrected chi connectivity index (χ2v) is 9.72. The molecule has 186 valence electrons. The Kier molecular flexibility index (Phi) is 8.41. The Balaban J connectivity index is 1.52. The van der Waals surface area contributed by atoms with Crippen LogP contribution >= 0.6 is 11.8 Å². The highest BCUT2D eigenvalue weighted by Crippen LogP contribution is 2.30. The van der Waals surface area contributed by atoms with Gasteiger partial charge in [0.05, 0.1) is 18.9 Å². The molecule has 0 spiro atoms. The molecule has 7 nitrogen and oxygen atoms in total. The lowest BCUT2D eigenvalue weighted by atomic mass is 10.1. The molecule has 1 aromatic heterocycles. The van der Waals surface area contributed by atoms with E-state index in [-0.39, 0.29) is 23.5 Å². The summed E-state index contributed by atoms with van der Waals surface area (Å²) < 4.78 is 21.0. The third-order valence-corrected chi connectivity index (χ3v) is 7.32. The Labute approximate surface area is 210 Å². The number of aromatic nitrogens is 3. The molecule has 0 bridgehead atoms. The van der Waals surface area contributed by atoms with E-state index in [9.17, 15) is 9.18 Å². The van der Waals surface area contributed by atoms with Gasteiger partial charge in [-0.1, -0.05) is 36.4 Å². The highest BCUT2D eigenvalue weighted by molar-refractivity contribution is 7.99. The first-order valence-electron chi connectivity index (χ1n) is 11.9. The van der Waals surface area contributed by atoms with Crippen LogP contribution in [0.15, 0.2) is 53.7 Å². The van der Waals surface area contributed by atoms with Crippen LogP contribution in [0.3, 0.4) is 0 Å². The number of methoxy groups -OCH3 is 1. The molecule has 1 atom stereocenters. The van der Waals surface area contributed by atoms with Crippen LogP contribution in [0.1, 0.15) is 43.6 Å². The van der Waals surface area contributed by atoms with Gasteiger partial charge in [-0.15, -0.1) is 10.2 Å². The van der Waals surface area contributed by atoms with Crippen molar-refractivity contribution in [2.24, 2.45) is 0 Å². The smallest absolute Gasteiger partial charge is 0.233 e. The fourth-order valence-corrected chi connectivity index (χ4v) is 5.26. The predicted molar refractivity (Wildman–Crippen MR) is 135 cm³/mol. The van der Waals surface area contributed by atoms with Crippen LogP contribution in [0, 0.1) is 5.82 Å². The molecule has 35 heavy (non-hydrogen) atoms. The number of nitrogens with zero attached hydrogens (tertiary/aromatic N) is 5. The fourth-order valence-electron chi connectivity index (χ4n) is 4.36. The van der Waals surface area contributed by atoms with Crippen molar-refractivity contribution >= 4 is 17.7 Å². The fraction of sp³-hybridized carbons (Fsp3) is 0.423. The van der Waals surface area contributed by atoms with E-state index in [1.54, 1.807) is 31.2 Å². The van der Waals surface area contributed by atoms with Crippen LogP contribution in [0.25, 0.3) is 5.69 Å². The molecular formula is C26H32FN5O2S. The van der Waals surface area contributed by atoms with Gasteiger partial charge in [0.25, 0.3) is 0 Å². The van der Waals surface area contributed by atoms with Crippen molar-refractivity contribution in [3.05, 3.63) is 65.7 Å². The Morgan fingerprint density at radius 3 is 2.54 bits per heavy atom. The number of hydrogen-bond donors (Lipinski definition) is 0. The van der Waals surface area contributed by atoms with Gasteiger partial charge in [-0.3, -0.25) is 14.3 Å². The van der Waals surface area contributed by atoms with Gasteiger partial charge >= 0.3 is 0 Å². The van der Waals surface area contributed by atoms with E-state index in [1.165, 1.54) is 43.2 Å². The molecule has 9 heteroatoms. The van der Waals surface area contributed by atoms with Crippen LogP contribution in [0.4, 0.5) is 4.39 Å². The van der Waals surface area contributed by atoms with Crippen molar-refractivity contribution in [2.45, 2.75) is 43.9 Å². The van der Waals surface area contributed by atoms with Gasteiger partial charge in [0, 0.05) is 24.8 Å². The highest BCUT2D eigenvalue weighted by atomic mass is 32.2. The summed E-state index contributed by atoms with van der Waals surface area (Å²) in [6.07, 6.45) is 3.59. The molecular weight excluding hydrogens is 465 g/mol. The molecule has 1 saturated heterocycles. The molecule has 1 aliphatic rings. The summed E-state index contributed by atoms with van der Waals surface area (Å²) in [7, 11) is 3.41. The number of halogens is 1. The van der Waals surface area contributed by atoms with E-state index in [1.807, 2.05) is 28.8 Å². The minimum atomic E-state index is -0.296. The number of carbonyl (C=O) groups is 1. The monoisotopic (exact) mass is 497 g/mol. The molecule has 4 rings (SSSR count). The van der Waals surface area contributed by atoms with Gasteiger partial charge in [0.1, 0.15) is 11.6 Å². The van der Waals surface area contributed by atoms with Gasteiger partial charge in [-0.25, -0.2) is 4.39 Å². The predicted octanol–water partition coefficient (Wildman–Crippen LogP) is 4.71. The third kappa shape index (κ3) is 6.02. The summed E-state index contributed by atoms with van der Waals surface area (Å²) in [6.45, 7) is 4.62. The van der Waals surface area contributed by atoms with E-state index in [0.717, 1.165) is 35.9 Å². The largest absolute Gasteiger partial charge is 0.496 e. The molecule has 1 aliphatic heterocycles. The molecule has 1 fully saturated rings. The van der Waals surface area contributed by atoms with Gasteiger partial charge in [0.2, 0.25) is 5.91 Å². The summed E-state index contributed by atoms with van der Waals surface area (Å²) in [5, 5.41) is 9.58. The van der Waals surface area contributed by atoms with Gasteiger partial charge in [0.15, 0.2) is 11.0 Å². The molecule has 2 heterocycles. The van der Waals surface area contributed by atoms with E-state index in [0.29, 0.717) is 11.7 Å². The molecule has 2 aromatic carbocycles. The van der Waals surface area contributed by atoms with E-state index >= 15 is 0 Å². The maximum absolute atomic E-state index is 13.6. The summed E-state index contributed by atoms with van der Waals surface area (Å²) in [6, 6.07) is 14.1. The van der Waals surface area contributed by atoms with Crippen LogP contribution in [0.5, 0.6) is 5.75 Å².